The van der Waals surface area contributed by atoms with Crippen molar-refractivity contribution in [2.45, 2.75) is 0 Å². The van der Waals surface area contributed by atoms with Gasteiger partial charge < -0.3 is 19.9 Å². The minimum Gasteiger partial charge on any atom is -0.482 e. The molecule has 1 aliphatic rings. The number of hydrogen-bond donors (Lipinski definition) is 2. The lowest BCUT2D eigenvalue weighted by atomic mass is 10.2. The monoisotopic (exact) mass is 259 g/mol. The van der Waals surface area contributed by atoms with Crippen molar-refractivity contribution in [1.82, 2.24) is 5.16 Å². The number of nitrogens with one attached hydrogen (secondary N) is 2. The topological polar surface area (TPSA) is 93.5 Å². The van der Waals surface area contributed by atoms with E-state index in [0.29, 0.717) is 17.1 Å². The van der Waals surface area contributed by atoms with Gasteiger partial charge in [-0.15, -0.1) is 0 Å². The number of ether oxygens (including phenoxy) is 1. The Bertz CT molecular complexity index is 636. The molecule has 1 aromatic heterocycles. The Morgan fingerprint density at radius 2 is 2.26 bits per heavy atom. The fraction of sp³-hybridized carbons (Fsp3) is 0.0833. The molecular formula is C12H9N3O4. The van der Waals surface area contributed by atoms with Crippen LogP contribution in [0.2, 0.25) is 0 Å². The number of benzene rings is 1. The summed E-state index contributed by atoms with van der Waals surface area (Å²) in [5, 5.41) is 8.74. The van der Waals surface area contributed by atoms with Gasteiger partial charge in [-0.2, -0.15) is 0 Å². The summed E-state index contributed by atoms with van der Waals surface area (Å²) in [5.41, 5.74) is 1.04. The van der Waals surface area contributed by atoms with Gasteiger partial charge in [0.15, 0.2) is 6.61 Å². The van der Waals surface area contributed by atoms with Crippen molar-refractivity contribution in [2.75, 3.05) is 17.2 Å². The Morgan fingerprint density at radius 3 is 3.05 bits per heavy atom. The first-order valence-corrected chi connectivity index (χ1v) is 5.51. The van der Waals surface area contributed by atoms with Crippen LogP contribution in [0.15, 0.2) is 35.0 Å². The van der Waals surface area contributed by atoms with E-state index in [2.05, 4.69) is 15.8 Å². The highest BCUT2D eigenvalue weighted by atomic mass is 16.5. The summed E-state index contributed by atoms with van der Waals surface area (Å²) < 4.78 is 9.96. The highest BCUT2D eigenvalue weighted by Crippen LogP contribution is 2.30. The zero-order valence-electron chi connectivity index (χ0n) is 9.67. The maximum atomic E-state index is 11.7. The van der Waals surface area contributed by atoms with Crippen LogP contribution >= 0.6 is 0 Å². The highest BCUT2D eigenvalue weighted by molar-refractivity contribution is 6.03. The van der Waals surface area contributed by atoms with Gasteiger partial charge in [-0.05, 0) is 18.2 Å². The lowest BCUT2D eigenvalue weighted by Gasteiger charge is -2.18. The molecule has 1 aromatic carbocycles. The van der Waals surface area contributed by atoms with Crippen LogP contribution in [-0.2, 0) is 4.79 Å². The number of nitrogens with zero attached hydrogens (tertiary/aromatic N) is 1. The molecule has 7 nitrogen and oxygen atoms in total. The summed E-state index contributed by atoms with van der Waals surface area (Å²) >= 11 is 0. The molecule has 3 rings (SSSR count). The average molecular weight is 259 g/mol. The molecule has 0 fully saturated rings. The van der Waals surface area contributed by atoms with Crippen molar-refractivity contribution < 1.29 is 18.8 Å². The Balaban J connectivity index is 1.81. The number of carbonyl (C=O) groups excluding carboxylic acids is 2. The summed E-state index contributed by atoms with van der Waals surface area (Å²) in [6, 6.07) is 6.41. The third-order valence-corrected chi connectivity index (χ3v) is 2.53. The second-order valence-electron chi connectivity index (χ2n) is 3.88. The molecule has 2 heterocycles. The second-order valence-corrected chi connectivity index (χ2v) is 3.88. The van der Waals surface area contributed by atoms with Crippen molar-refractivity contribution in [2.24, 2.45) is 0 Å². The summed E-state index contributed by atoms with van der Waals surface area (Å²) in [7, 11) is 0. The minimum atomic E-state index is -0.416. The standard InChI is InChI=1S/C12H9N3O4/c16-11-6-18-9-2-1-7(5-8(9)15-11)14-12(17)10-3-4-13-19-10/h1-5H,6H2,(H,14,17)(H,15,16). The molecule has 0 aliphatic carbocycles. The van der Waals surface area contributed by atoms with Crippen molar-refractivity contribution >= 4 is 23.2 Å². The van der Waals surface area contributed by atoms with E-state index in [0.717, 1.165) is 0 Å². The van der Waals surface area contributed by atoms with Gasteiger partial charge in [-0.3, -0.25) is 9.59 Å². The molecule has 2 amide bonds. The minimum absolute atomic E-state index is 0.00320. The van der Waals surface area contributed by atoms with Gasteiger partial charge in [-0.25, -0.2) is 0 Å². The third-order valence-electron chi connectivity index (χ3n) is 2.53. The molecule has 19 heavy (non-hydrogen) atoms. The summed E-state index contributed by atoms with van der Waals surface area (Å²) in [6.07, 6.45) is 1.38. The Labute approximate surface area is 107 Å². The van der Waals surface area contributed by atoms with Crippen LogP contribution in [0.5, 0.6) is 5.75 Å². The molecule has 2 aromatic rings. The molecule has 0 radical (unpaired) electrons. The molecule has 1 aliphatic heterocycles. The van der Waals surface area contributed by atoms with E-state index in [1.54, 1.807) is 18.2 Å². The number of aromatic nitrogens is 1. The van der Waals surface area contributed by atoms with Crippen molar-refractivity contribution in [3.8, 4) is 5.75 Å². The molecule has 7 heteroatoms. The lowest BCUT2D eigenvalue weighted by molar-refractivity contribution is -0.118. The quantitative estimate of drug-likeness (QED) is 0.846. The molecular weight excluding hydrogens is 250 g/mol. The van der Waals surface area contributed by atoms with Crippen LogP contribution in [0.4, 0.5) is 11.4 Å². The van der Waals surface area contributed by atoms with E-state index in [9.17, 15) is 9.59 Å². The molecule has 0 unspecified atom stereocenters. The van der Waals surface area contributed by atoms with E-state index in [4.69, 9.17) is 9.26 Å². The average Bonchev–Trinajstić information content (AvgIpc) is 2.92. The molecule has 0 atom stereocenters. The third kappa shape index (κ3) is 2.25. The highest BCUT2D eigenvalue weighted by Gasteiger charge is 2.17. The molecule has 0 saturated heterocycles. The van der Waals surface area contributed by atoms with Crippen LogP contribution in [0.25, 0.3) is 0 Å². The van der Waals surface area contributed by atoms with Crippen molar-refractivity contribution in [1.29, 1.82) is 0 Å². The van der Waals surface area contributed by atoms with Gasteiger partial charge in [0, 0.05) is 11.8 Å². The van der Waals surface area contributed by atoms with E-state index < -0.39 is 5.91 Å². The first-order chi connectivity index (χ1) is 9.22. The van der Waals surface area contributed by atoms with Crippen LogP contribution < -0.4 is 15.4 Å². The smallest absolute Gasteiger partial charge is 0.294 e. The van der Waals surface area contributed by atoms with Gasteiger partial charge in [0.1, 0.15) is 5.75 Å². The summed E-state index contributed by atoms with van der Waals surface area (Å²) in [6.45, 7) is -0.00320. The van der Waals surface area contributed by atoms with E-state index >= 15 is 0 Å². The maximum absolute atomic E-state index is 11.7. The fourth-order valence-corrected chi connectivity index (χ4v) is 1.69. The molecule has 2 N–H and O–H groups in total. The predicted molar refractivity (Wildman–Crippen MR) is 65.0 cm³/mol. The Morgan fingerprint density at radius 1 is 1.37 bits per heavy atom. The fourth-order valence-electron chi connectivity index (χ4n) is 1.69. The Hall–Kier alpha value is -2.83. The van der Waals surface area contributed by atoms with E-state index in [1.807, 2.05) is 0 Å². The van der Waals surface area contributed by atoms with Crippen LogP contribution in [-0.4, -0.2) is 23.6 Å². The number of rotatable bonds is 2. The first kappa shape index (κ1) is 11.3. The van der Waals surface area contributed by atoms with Crippen molar-refractivity contribution in [3.63, 3.8) is 0 Å². The molecule has 0 saturated carbocycles. The lowest BCUT2D eigenvalue weighted by Crippen LogP contribution is -2.25. The number of anilines is 2. The zero-order valence-corrected chi connectivity index (χ0v) is 9.67. The Kier molecular flexibility index (Phi) is 2.64. The molecule has 96 valence electrons. The number of fused-ring (bicyclic) bond motifs is 1. The summed E-state index contributed by atoms with van der Waals surface area (Å²) in [4.78, 5) is 22.9. The number of hydrogen-bond acceptors (Lipinski definition) is 5. The van der Waals surface area contributed by atoms with Gasteiger partial charge in [0.25, 0.3) is 11.8 Å². The van der Waals surface area contributed by atoms with E-state index in [-0.39, 0.29) is 18.3 Å². The summed E-state index contributed by atoms with van der Waals surface area (Å²) in [5.74, 6) is 0.0296. The number of carbonyl (C=O) groups is 2. The molecule has 0 bridgehead atoms. The van der Waals surface area contributed by atoms with Crippen LogP contribution in [0.3, 0.4) is 0 Å². The zero-order chi connectivity index (χ0) is 13.2. The van der Waals surface area contributed by atoms with Crippen LogP contribution in [0, 0.1) is 0 Å². The van der Waals surface area contributed by atoms with Crippen molar-refractivity contribution in [3.05, 3.63) is 36.2 Å². The maximum Gasteiger partial charge on any atom is 0.294 e. The first-order valence-electron chi connectivity index (χ1n) is 5.51. The largest absolute Gasteiger partial charge is 0.482 e. The van der Waals surface area contributed by atoms with Gasteiger partial charge in [-0.1, -0.05) is 5.16 Å². The number of amides is 2. The van der Waals surface area contributed by atoms with Gasteiger partial charge in [0.2, 0.25) is 5.76 Å². The van der Waals surface area contributed by atoms with Crippen LogP contribution in [0.1, 0.15) is 10.6 Å². The second kappa shape index (κ2) is 4.45. The predicted octanol–water partition coefficient (Wildman–Crippen LogP) is 1.26. The SMILES string of the molecule is O=C1COc2ccc(NC(=O)c3ccno3)cc2N1. The van der Waals surface area contributed by atoms with Gasteiger partial charge >= 0.3 is 0 Å². The molecule has 0 spiro atoms. The normalized spacial score (nSPS) is 13.2. The van der Waals surface area contributed by atoms with Gasteiger partial charge in [0.05, 0.1) is 11.9 Å². The van der Waals surface area contributed by atoms with E-state index in [1.165, 1.54) is 12.3 Å².